The smallest absolute Gasteiger partial charge is 0.337 e. The van der Waals surface area contributed by atoms with Gasteiger partial charge >= 0.3 is 5.97 Å². The number of imidazole rings is 1. The Hall–Kier alpha value is -3.97. The standard InChI is InChI=1S/C25H22N2O5/c1-31-25(30)18-4-2-16(3-5-18)14-23(29)19-8-11-21-22(15-19)27-24(26-21)17-6-9-20(10-7-17)32-13-12-28/h2-11,15,28H,12-14H2,1H3,(H,26,27). The highest BCUT2D eigenvalue weighted by molar-refractivity contribution is 6.00. The number of rotatable bonds is 8. The highest BCUT2D eigenvalue weighted by Crippen LogP contribution is 2.24. The summed E-state index contributed by atoms with van der Waals surface area (Å²) in [5.74, 6) is 0.929. The lowest BCUT2D eigenvalue weighted by molar-refractivity contribution is 0.0600. The second-order valence-electron chi connectivity index (χ2n) is 7.20. The highest BCUT2D eigenvalue weighted by Gasteiger charge is 2.12. The van der Waals surface area contributed by atoms with Crippen LogP contribution in [0.15, 0.2) is 66.7 Å². The van der Waals surface area contributed by atoms with Gasteiger partial charge in [0.15, 0.2) is 5.78 Å². The molecule has 7 heteroatoms. The number of aromatic nitrogens is 2. The Bertz CT molecular complexity index is 1240. The molecule has 0 atom stereocenters. The number of carbonyl (C=O) groups excluding carboxylic acids is 2. The molecule has 0 amide bonds. The van der Waals surface area contributed by atoms with Gasteiger partial charge in [-0.25, -0.2) is 9.78 Å². The van der Waals surface area contributed by atoms with E-state index in [4.69, 9.17) is 14.6 Å². The van der Waals surface area contributed by atoms with Crippen LogP contribution in [-0.2, 0) is 11.2 Å². The molecule has 7 nitrogen and oxygen atoms in total. The van der Waals surface area contributed by atoms with Crippen LogP contribution in [0.2, 0.25) is 0 Å². The SMILES string of the molecule is COC(=O)c1ccc(CC(=O)c2ccc3nc(-c4ccc(OCCO)cc4)[nH]c3c2)cc1. The summed E-state index contributed by atoms with van der Waals surface area (Å²) < 4.78 is 10.1. The number of aromatic amines is 1. The Kier molecular flexibility index (Phi) is 6.28. The van der Waals surface area contributed by atoms with Gasteiger partial charge in [0, 0.05) is 17.5 Å². The van der Waals surface area contributed by atoms with Crippen molar-refractivity contribution in [2.75, 3.05) is 20.3 Å². The molecule has 0 aliphatic heterocycles. The first-order chi connectivity index (χ1) is 15.6. The third-order valence-electron chi connectivity index (χ3n) is 5.03. The molecule has 2 N–H and O–H groups in total. The molecule has 0 radical (unpaired) electrons. The normalized spacial score (nSPS) is 10.8. The van der Waals surface area contributed by atoms with E-state index in [1.807, 2.05) is 30.3 Å². The summed E-state index contributed by atoms with van der Waals surface area (Å²) in [5.41, 5.74) is 4.26. The van der Waals surface area contributed by atoms with Crippen molar-refractivity contribution >= 4 is 22.8 Å². The number of carbonyl (C=O) groups is 2. The van der Waals surface area contributed by atoms with Crippen LogP contribution in [0.1, 0.15) is 26.3 Å². The number of ether oxygens (including phenoxy) is 2. The summed E-state index contributed by atoms with van der Waals surface area (Å²) in [7, 11) is 1.33. The topological polar surface area (TPSA) is 102 Å². The van der Waals surface area contributed by atoms with Gasteiger partial charge in [0.2, 0.25) is 0 Å². The maximum Gasteiger partial charge on any atom is 0.337 e. The first-order valence-electron chi connectivity index (χ1n) is 10.1. The molecule has 1 aromatic heterocycles. The van der Waals surface area contributed by atoms with Gasteiger partial charge in [0.1, 0.15) is 18.2 Å². The maximum atomic E-state index is 12.8. The minimum absolute atomic E-state index is 0.0285. The Morgan fingerprint density at radius 1 is 0.969 bits per heavy atom. The summed E-state index contributed by atoms with van der Waals surface area (Å²) in [6.07, 6.45) is 0.225. The number of methoxy groups -OCH3 is 1. The molecule has 32 heavy (non-hydrogen) atoms. The Labute approximate surface area is 184 Å². The lowest BCUT2D eigenvalue weighted by atomic mass is 10.0. The van der Waals surface area contributed by atoms with Crippen LogP contribution in [0.5, 0.6) is 5.75 Å². The van der Waals surface area contributed by atoms with E-state index in [2.05, 4.69) is 9.97 Å². The Morgan fingerprint density at radius 2 is 1.69 bits per heavy atom. The molecule has 0 aliphatic rings. The van der Waals surface area contributed by atoms with Gasteiger partial charge in [-0.15, -0.1) is 0 Å². The lowest BCUT2D eigenvalue weighted by Crippen LogP contribution is -2.05. The van der Waals surface area contributed by atoms with Crippen LogP contribution < -0.4 is 4.74 Å². The number of Topliss-reactive ketones (excluding diaryl/α,β-unsaturated/α-hetero) is 1. The van der Waals surface area contributed by atoms with E-state index in [1.54, 1.807) is 36.4 Å². The van der Waals surface area contributed by atoms with E-state index in [-0.39, 0.29) is 25.4 Å². The van der Waals surface area contributed by atoms with Gasteiger partial charge in [-0.2, -0.15) is 0 Å². The van der Waals surface area contributed by atoms with Gasteiger partial charge in [-0.3, -0.25) is 4.79 Å². The summed E-state index contributed by atoms with van der Waals surface area (Å²) in [6, 6.07) is 19.6. The average molecular weight is 430 g/mol. The highest BCUT2D eigenvalue weighted by atomic mass is 16.5. The van der Waals surface area contributed by atoms with Gasteiger partial charge in [0.05, 0.1) is 30.3 Å². The van der Waals surface area contributed by atoms with Crippen molar-refractivity contribution in [3.05, 3.63) is 83.4 Å². The summed E-state index contributed by atoms with van der Waals surface area (Å²) in [6.45, 7) is 0.210. The molecule has 4 rings (SSSR count). The molecule has 0 saturated heterocycles. The summed E-state index contributed by atoms with van der Waals surface area (Å²) in [4.78, 5) is 32.2. The van der Waals surface area contributed by atoms with Gasteiger partial charge in [-0.1, -0.05) is 12.1 Å². The third kappa shape index (κ3) is 4.68. The van der Waals surface area contributed by atoms with Crippen LogP contribution in [0.25, 0.3) is 22.4 Å². The molecule has 0 aliphatic carbocycles. The minimum Gasteiger partial charge on any atom is -0.491 e. The molecule has 0 saturated carbocycles. The molecule has 162 valence electrons. The quantitative estimate of drug-likeness (QED) is 0.326. The van der Waals surface area contributed by atoms with Crippen LogP contribution in [-0.4, -0.2) is 47.2 Å². The monoisotopic (exact) mass is 430 g/mol. The summed E-state index contributed by atoms with van der Waals surface area (Å²) in [5, 5.41) is 8.84. The maximum absolute atomic E-state index is 12.8. The number of ketones is 1. The van der Waals surface area contributed by atoms with Crippen molar-refractivity contribution in [1.82, 2.24) is 9.97 Å². The predicted molar refractivity (Wildman–Crippen MR) is 120 cm³/mol. The van der Waals surface area contributed by atoms with Gasteiger partial charge in [-0.05, 0) is 60.2 Å². The molecular formula is C25H22N2O5. The number of benzene rings is 3. The minimum atomic E-state index is -0.407. The molecule has 4 aromatic rings. The molecule has 0 unspecified atom stereocenters. The fraction of sp³-hybridized carbons (Fsp3) is 0.160. The largest absolute Gasteiger partial charge is 0.491 e. The van der Waals surface area contributed by atoms with Gasteiger partial charge < -0.3 is 19.6 Å². The summed E-state index contributed by atoms with van der Waals surface area (Å²) >= 11 is 0. The first-order valence-corrected chi connectivity index (χ1v) is 10.1. The number of nitrogens with zero attached hydrogens (tertiary/aromatic N) is 1. The van der Waals surface area contributed by atoms with Crippen molar-refractivity contribution in [1.29, 1.82) is 0 Å². The number of fused-ring (bicyclic) bond motifs is 1. The van der Waals surface area contributed by atoms with E-state index in [9.17, 15) is 9.59 Å². The number of aliphatic hydroxyl groups excluding tert-OH is 1. The number of hydrogen-bond donors (Lipinski definition) is 2. The van der Waals surface area contributed by atoms with Crippen molar-refractivity contribution in [2.24, 2.45) is 0 Å². The fourth-order valence-electron chi connectivity index (χ4n) is 3.36. The zero-order chi connectivity index (χ0) is 22.5. The van der Waals surface area contributed by atoms with E-state index >= 15 is 0 Å². The number of esters is 1. The van der Waals surface area contributed by atoms with Crippen molar-refractivity contribution in [3.63, 3.8) is 0 Å². The number of hydrogen-bond acceptors (Lipinski definition) is 6. The van der Waals surface area contributed by atoms with Crippen LogP contribution in [0, 0.1) is 0 Å². The van der Waals surface area contributed by atoms with Crippen molar-refractivity contribution in [3.8, 4) is 17.1 Å². The van der Waals surface area contributed by atoms with E-state index < -0.39 is 5.97 Å². The molecular weight excluding hydrogens is 408 g/mol. The van der Waals surface area contributed by atoms with E-state index in [0.29, 0.717) is 22.7 Å². The van der Waals surface area contributed by atoms with Crippen LogP contribution >= 0.6 is 0 Å². The molecule has 3 aromatic carbocycles. The number of H-pyrrole nitrogens is 1. The van der Waals surface area contributed by atoms with Gasteiger partial charge in [0.25, 0.3) is 0 Å². The second kappa shape index (κ2) is 9.45. The predicted octanol–water partition coefficient (Wildman–Crippen LogP) is 3.81. The van der Waals surface area contributed by atoms with E-state index in [0.717, 1.165) is 22.2 Å². The zero-order valence-corrected chi connectivity index (χ0v) is 17.5. The average Bonchev–Trinajstić information content (AvgIpc) is 3.26. The lowest BCUT2D eigenvalue weighted by Gasteiger charge is -2.04. The van der Waals surface area contributed by atoms with Crippen LogP contribution in [0.3, 0.4) is 0 Å². The first kappa shape index (κ1) is 21.3. The van der Waals surface area contributed by atoms with Crippen molar-refractivity contribution in [2.45, 2.75) is 6.42 Å². The van der Waals surface area contributed by atoms with E-state index in [1.165, 1.54) is 7.11 Å². The van der Waals surface area contributed by atoms with Crippen molar-refractivity contribution < 1.29 is 24.2 Å². The molecule has 1 heterocycles. The number of aliphatic hydroxyl groups is 1. The fourth-order valence-corrected chi connectivity index (χ4v) is 3.36. The second-order valence-corrected chi connectivity index (χ2v) is 7.20. The van der Waals surface area contributed by atoms with Crippen LogP contribution in [0.4, 0.5) is 0 Å². The third-order valence-corrected chi connectivity index (χ3v) is 5.03. The number of nitrogens with one attached hydrogen (secondary N) is 1. The molecule has 0 bridgehead atoms. The molecule has 0 fully saturated rings. The zero-order valence-electron chi connectivity index (χ0n) is 17.5. The Morgan fingerprint density at radius 3 is 2.38 bits per heavy atom. The molecule has 0 spiro atoms. The Balaban J connectivity index is 1.50.